The van der Waals surface area contributed by atoms with Crippen molar-refractivity contribution in [1.29, 1.82) is 0 Å². The van der Waals surface area contributed by atoms with E-state index in [-0.39, 0.29) is 0 Å². The van der Waals surface area contributed by atoms with Crippen LogP contribution >= 0.6 is 0 Å². The van der Waals surface area contributed by atoms with Gasteiger partial charge in [-0.25, -0.2) is 4.98 Å². The zero-order valence-corrected chi connectivity index (χ0v) is 11.6. The summed E-state index contributed by atoms with van der Waals surface area (Å²) in [6.07, 6.45) is 2.79. The van der Waals surface area contributed by atoms with Gasteiger partial charge in [0.05, 0.1) is 11.9 Å². The molecule has 0 amide bonds. The van der Waals surface area contributed by atoms with E-state index in [4.69, 9.17) is 5.73 Å². The maximum Gasteiger partial charge on any atom is 0.126 e. The van der Waals surface area contributed by atoms with Gasteiger partial charge >= 0.3 is 0 Å². The second kappa shape index (κ2) is 6.23. The van der Waals surface area contributed by atoms with Gasteiger partial charge in [-0.05, 0) is 36.5 Å². The molecule has 1 aromatic heterocycles. The number of nitrogens with one attached hydrogen (secondary N) is 1. The lowest BCUT2D eigenvalue weighted by Gasteiger charge is -2.13. The van der Waals surface area contributed by atoms with Crippen LogP contribution in [0.4, 0.5) is 11.5 Å². The van der Waals surface area contributed by atoms with Crippen LogP contribution in [0, 0.1) is 6.92 Å². The number of nitrogens with two attached hydrogens (primary N) is 1. The second-order valence-corrected chi connectivity index (χ2v) is 4.95. The third-order valence-electron chi connectivity index (χ3n) is 3.40. The van der Waals surface area contributed by atoms with E-state index in [2.05, 4.69) is 47.6 Å². The molecule has 3 nitrogen and oxygen atoms in total. The lowest BCUT2D eigenvalue weighted by atomic mass is 9.98. The number of anilines is 2. The Morgan fingerprint density at radius 3 is 2.68 bits per heavy atom. The molecule has 0 bridgehead atoms. The van der Waals surface area contributed by atoms with E-state index in [1.54, 1.807) is 6.20 Å². The summed E-state index contributed by atoms with van der Waals surface area (Å²) in [4.78, 5) is 4.27. The molecule has 1 unspecified atom stereocenters. The molecule has 2 rings (SSSR count). The van der Waals surface area contributed by atoms with Crippen molar-refractivity contribution in [2.75, 3.05) is 17.6 Å². The van der Waals surface area contributed by atoms with Crippen LogP contribution in [0.3, 0.4) is 0 Å². The maximum atomic E-state index is 5.75. The number of nitrogen functional groups attached to an aromatic ring is 1. The molecule has 3 N–H and O–H groups in total. The highest BCUT2D eigenvalue weighted by Gasteiger charge is 2.04. The monoisotopic (exact) mass is 255 g/mol. The van der Waals surface area contributed by atoms with Gasteiger partial charge in [0.15, 0.2) is 0 Å². The summed E-state index contributed by atoms with van der Waals surface area (Å²) in [7, 11) is 0. The van der Waals surface area contributed by atoms with Crippen LogP contribution in [-0.4, -0.2) is 11.5 Å². The highest BCUT2D eigenvalue weighted by molar-refractivity contribution is 5.50. The van der Waals surface area contributed by atoms with Crippen molar-refractivity contribution in [1.82, 2.24) is 4.98 Å². The van der Waals surface area contributed by atoms with Gasteiger partial charge in [0.25, 0.3) is 0 Å². The third-order valence-corrected chi connectivity index (χ3v) is 3.40. The Labute approximate surface area is 114 Å². The Hall–Kier alpha value is -2.03. The molecule has 1 aromatic carbocycles. The molecule has 0 fully saturated rings. The van der Waals surface area contributed by atoms with Crippen molar-refractivity contribution < 1.29 is 0 Å². The van der Waals surface area contributed by atoms with Crippen molar-refractivity contribution in [2.24, 2.45) is 0 Å². The predicted molar refractivity (Wildman–Crippen MR) is 81.4 cm³/mol. The van der Waals surface area contributed by atoms with E-state index in [0.717, 1.165) is 30.0 Å². The fraction of sp³-hybridized carbons (Fsp3) is 0.312. The van der Waals surface area contributed by atoms with Gasteiger partial charge in [0.1, 0.15) is 5.82 Å². The Morgan fingerprint density at radius 2 is 2.00 bits per heavy atom. The van der Waals surface area contributed by atoms with Crippen LogP contribution in [0.15, 0.2) is 42.6 Å². The summed E-state index contributed by atoms with van der Waals surface area (Å²) in [5.74, 6) is 1.44. The van der Waals surface area contributed by atoms with Crippen LogP contribution in [0.2, 0.25) is 0 Å². The lowest BCUT2D eigenvalue weighted by Crippen LogP contribution is -2.07. The summed E-state index contributed by atoms with van der Waals surface area (Å²) in [6, 6.07) is 12.6. The van der Waals surface area contributed by atoms with Crippen LogP contribution in [0.1, 0.15) is 30.4 Å². The first-order valence-corrected chi connectivity index (χ1v) is 6.68. The zero-order valence-electron chi connectivity index (χ0n) is 11.6. The number of hydrogen-bond donors (Lipinski definition) is 2. The minimum atomic E-state index is 0.545. The van der Waals surface area contributed by atoms with Crippen molar-refractivity contribution in [3.8, 4) is 0 Å². The van der Waals surface area contributed by atoms with Crippen molar-refractivity contribution in [3.05, 3.63) is 53.7 Å². The van der Waals surface area contributed by atoms with Crippen molar-refractivity contribution >= 4 is 11.5 Å². The average Bonchev–Trinajstić information content (AvgIpc) is 2.43. The number of nitrogens with zero attached hydrogens (tertiary/aromatic N) is 1. The van der Waals surface area contributed by atoms with Crippen LogP contribution in [-0.2, 0) is 0 Å². The first-order valence-electron chi connectivity index (χ1n) is 6.68. The molecule has 1 heterocycles. The van der Waals surface area contributed by atoms with E-state index in [9.17, 15) is 0 Å². The molecule has 0 saturated carbocycles. The quantitative estimate of drug-likeness (QED) is 0.858. The van der Waals surface area contributed by atoms with Crippen LogP contribution in [0.25, 0.3) is 0 Å². The van der Waals surface area contributed by atoms with Crippen LogP contribution in [0.5, 0.6) is 0 Å². The standard InChI is InChI=1S/C16H21N3/c1-12(14-6-4-3-5-7-14)8-9-18-16-10-13(2)15(17)11-19-16/h3-7,10-12H,8-9,17H2,1-2H3,(H,18,19). The number of aryl methyl sites for hydroxylation is 1. The van der Waals surface area contributed by atoms with Gasteiger partial charge in [-0.2, -0.15) is 0 Å². The largest absolute Gasteiger partial charge is 0.397 e. The first kappa shape index (κ1) is 13.4. The third kappa shape index (κ3) is 3.71. The summed E-state index contributed by atoms with van der Waals surface area (Å²) < 4.78 is 0. The Balaban J connectivity index is 1.85. The molecule has 0 spiro atoms. The second-order valence-electron chi connectivity index (χ2n) is 4.95. The Kier molecular flexibility index (Phi) is 4.39. The van der Waals surface area contributed by atoms with E-state index in [1.165, 1.54) is 5.56 Å². The minimum absolute atomic E-state index is 0.545. The van der Waals surface area contributed by atoms with Gasteiger partial charge in [0, 0.05) is 6.54 Å². The molecule has 100 valence electrons. The summed E-state index contributed by atoms with van der Waals surface area (Å²) in [6.45, 7) is 5.15. The molecule has 0 saturated heterocycles. The topological polar surface area (TPSA) is 50.9 Å². The number of rotatable bonds is 5. The summed E-state index contributed by atoms with van der Waals surface area (Å²) >= 11 is 0. The Bertz CT molecular complexity index is 523. The van der Waals surface area contributed by atoms with Gasteiger partial charge in [-0.15, -0.1) is 0 Å². The normalized spacial score (nSPS) is 12.1. The van der Waals surface area contributed by atoms with Gasteiger partial charge < -0.3 is 11.1 Å². The van der Waals surface area contributed by atoms with Crippen LogP contribution < -0.4 is 11.1 Å². The van der Waals surface area contributed by atoms with E-state index < -0.39 is 0 Å². The molecule has 19 heavy (non-hydrogen) atoms. The number of hydrogen-bond acceptors (Lipinski definition) is 3. The van der Waals surface area contributed by atoms with Crippen molar-refractivity contribution in [3.63, 3.8) is 0 Å². The summed E-state index contributed by atoms with van der Waals surface area (Å²) in [5.41, 5.74) is 8.93. The van der Waals surface area contributed by atoms with E-state index in [0.29, 0.717) is 5.92 Å². The number of aromatic nitrogens is 1. The predicted octanol–water partition coefficient (Wildman–Crippen LogP) is 3.58. The molecule has 0 aliphatic rings. The fourth-order valence-corrected chi connectivity index (χ4v) is 2.03. The highest BCUT2D eigenvalue weighted by Crippen LogP contribution is 2.19. The van der Waals surface area contributed by atoms with E-state index in [1.807, 2.05) is 13.0 Å². The molecule has 0 aliphatic heterocycles. The molecule has 0 aliphatic carbocycles. The molecule has 3 heteroatoms. The molecular weight excluding hydrogens is 234 g/mol. The van der Waals surface area contributed by atoms with E-state index >= 15 is 0 Å². The minimum Gasteiger partial charge on any atom is -0.397 e. The molecule has 0 radical (unpaired) electrons. The summed E-state index contributed by atoms with van der Waals surface area (Å²) in [5, 5.41) is 3.35. The fourth-order valence-electron chi connectivity index (χ4n) is 2.03. The van der Waals surface area contributed by atoms with Gasteiger partial charge in [-0.3, -0.25) is 0 Å². The van der Waals surface area contributed by atoms with Crippen molar-refractivity contribution in [2.45, 2.75) is 26.2 Å². The maximum absolute atomic E-state index is 5.75. The smallest absolute Gasteiger partial charge is 0.126 e. The van der Waals surface area contributed by atoms with Gasteiger partial charge in [0.2, 0.25) is 0 Å². The molecule has 1 atom stereocenters. The zero-order chi connectivity index (χ0) is 13.7. The number of benzene rings is 1. The highest BCUT2D eigenvalue weighted by atomic mass is 15.0. The lowest BCUT2D eigenvalue weighted by molar-refractivity contribution is 0.705. The SMILES string of the molecule is Cc1cc(NCCC(C)c2ccccc2)ncc1N. The molecular formula is C16H21N3. The molecule has 2 aromatic rings. The Morgan fingerprint density at radius 1 is 1.26 bits per heavy atom. The number of pyridine rings is 1. The first-order chi connectivity index (χ1) is 9.16. The average molecular weight is 255 g/mol. The van der Waals surface area contributed by atoms with Gasteiger partial charge in [-0.1, -0.05) is 37.3 Å².